The van der Waals surface area contributed by atoms with Crippen LogP contribution in [-0.4, -0.2) is 134 Å². The molecule has 5 aromatic carbocycles. The van der Waals surface area contributed by atoms with Crippen molar-refractivity contribution in [3.8, 4) is 23.4 Å². The predicted octanol–water partition coefficient (Wildman–Crippen LogP) is 11.8. The van der Waals surface area contributed by atoms with Gasteiger partial charge < -0.3 is 25.2 Å². The number of rotatable bonds is 28. The molecule has 0 spiro atoms. The lowest BCUT2D eigenvalue weighted by molar-refractivity contribution is -0.115. The maximum atomic E-state index is 12.8. The Hall–Kier alpha value is -8.18. The van der Waals surface area contributed by atoms with Crippen LogP contribution in [0.3, 0.4) is 0 Å². The second-order valence-electron chi connectivity index (χ2n) is 19.5. The highest BCUT2D eigenvalue weighted by Gasteiger charge is 2.27. The third kappa shape index (κ3) is 19.7. The average molecular weight is 1440 g/mol. The first-order chi connectivity index (χ1) is 43.4. The first kappa shape index (κ1) is 72.2. The van der Waals surface area contributed by atoms with Gasteiger partial charge in [-0.1, -0.05) is 11.6 Å². The molecular formula is C52H52ClN13O20S7. The van der Waals surface area contributed by atoms with E-state index in [0.717, 1.165) is 46.1 Å². The maximum absolute atomic E-state index is 12.8. The van der Waals surface area contributed by atoms with Gasteiger partial charge >= 0.3 is 0 Å². The quantitative estimate of drug-likeness (QED) is 0.00977. The minimum atomic E-state index is -4.95. The molecule has 0 aliphatic rings. The highest BCUT2D eigenvalue weighted by molar-refractivity contribution is 7.99. The van der Waals surface area contributed by atoms with E-state index >= 15 is 0 Å². The van der Waals surface area contributed by atoms with Gasteiger partial charge in [0.05, 0.1) is 64.3 Å². The Bertz CT molecular complexity index is 4930. The number of pyridine rings is 1. The van der Waals surface area contributed by atoms with Crippen molar-refractivity contribution in [3.05, 3.63) is 88.4 Å². The van der Waals surface area contributed by atoms with Gasteiger partial charge in [0.25, 0.3) is 50.6 Å². The number of ether oxygens (including phenoxy) is 2. The summed E-state index contributed by atoms with van der Waals surface area (Å²) < 4.78 is 179. The van der Waals surface area contributed by atoms with Crippen molar-refractivity contribution >= 4 is 171 Å². The van der Waals surface area contributed by atoms with E-state index < -0.39 is 100 Å². The third-order valence-electron chi connectivity index (χ3n) is 12.4. The Morgan fingerprint density at radius 1 is 0.634 bits per heavy atom. The van der Waals surface area contributed by atoms with Gasteiger partial charge in [-0.05, 0) is 98.7 Å². The Morgan fingerprint density at radius 2 is 1.14 bits per heavy atom. The van der Waals surface area contributed by atoms with Crippen molar-refractivity contribution in [2.24, 2.45) is 40.9 Å². The van der Waals surface area contributed by atoms with Crippen LogP contribution in [0.25, 0.3) is 16.7 Å². The normalized spacial score (nSPS) is 12.7. The lowest BCUT2D eigenvalue weighted by atomic mass is 10.1. The molecule has 0 aliphatic heterocycles. The number of hydrogen-bond acceptors (Lipinski definition) is 27. The van der Waals surface area contributed by atoms with E-state index in [9.17, 15) is 84.8 Å². The summed E-state index contributed by atoms with van der Waals surface area (Å²) in [5.74, 6) is -4.05. The number of aryl methyl sites for hydroxylation is 1. The Labute approximate surface area is 543 Å². The zero-order valence-corrected chi connectivity index (χ0v) is 55.2. The van der Waals surface area contributed by atoms with Crippen LogP contribution in [0.2, 0.25) is 5.02 Å². The van der Waals surface area contributed by atoms with Gasteiger partial charge in [-0.25, -0.2) is 4.98 Å². The fourth-order valence-corrected chi connectivity index (χ4v) is 13.7. The van der Waals surface area contributed by atoms with Crippen molar-refractivity contribution in [2.75, 3.05) is 53.1 Å². The number of carbonyl (C=O) groups excluding carboxylic acids is 2. The van der Waals surface area contributed by atoms with Gasteiger partial charge in [-0.2, -0.15) is 57.6 Å². The van der Waals surface area contributed by atoms with Crippen LogP contribution >= 0.6 is 35.1 Å². The molecule has 41 heteroatoms. The molecule has 0 bridgehead atoms. The number of amides is 2. The van der Waals surface area contributed by atoms with Gasteiger partial charge in [0.15, 0.2) is 11.3 Å². The molecule has 93 heavy (non-hydrogen) atoms. The van der Waals surface area contributed by atoms with Crippen molar-refractivity contribution in [1.29, 1.82) is 5.26 Å². The van der Waals surface area contributed by atoms with E-state index in [1.165, 1.54) is 76.4 Å². The lowest BCUT2D eigenvalue weighted by Crippen LogP contribution is -2.08. The summed E-state index contributed by atoms with van der Waals surface area (Å²) >= 11 is 8.11. The molecule has 2 amide bonds. The van der Waals surface area contributed by atoms with Crippen LogP contribution in [0.4, 0.5) is 56.9 Å². The number of imidazole rings is 1. The van der Waals surface area contributed by atoms with Crippen LogP contribution in [0.5, 0.6) is 17.4 Å². The summed E-state index contributed by atoms with van der Waals surface area (Å²) in [5.41, 5.74) is -1.01. The maximum Gasteiger partial charge on any atom is 0.296 e. The highest BCUT2D eigenvalue weighted by Crippen LogP contribution is 2.46. The summed E-state index contributed by atoms with van der Waals surface area (Å²) in [6.45, 7) is 4.95. The average Bonchev–Trinajstić information content (AvgIpc) is 1.60. The molecule has 0 aliphatic carbocycles. The molecule has 0 unspecified atom stereocenters. The lowest BCUT2D eigenvalue weighted by Gasteiger charge is -2.13. The second kappa shape index (κ2) is 29.8. The Morgan fingerprint density at radius 3 is 1.63 bits per heavy atom. The Balaban J connectivity index is 1.34. The monoisotopic (exact) mass is 1440 g/mol. The largest absolute Gasteiger partial charge is 0.497 e. The minimum absolute atomic E-state index is 0.00342. The van der Waals surface area contributed by atoms with E-state index in [1.807, 2.05) is 6.07 Å². The van der Waals surface area contributed by atoms with Crippen molar-refractivity contribution in [3.63, 3.8) is 0 Å². The molecule has 0 atom stereocenters. The number of aromatic hydroxyl groups is 1. The topological polar surface area (TPSA) is 509 Å². The molecule has 33 nitrogen and oxygen atoms in total. The number of benzene rings is 5. The molecule has 0 fully saturated rings. The predicted molar refractivity (Wildman–Crippen MR) is 341 cm³/mol. The number of fused-ring (bicyclic) bond motifs is 3. The first-order valence-electron chi connectivity index (χ1n) is 26.3. The molecular weight excluding hydrogens is 1390 g/mol. The van der Waals surface area contributed by atoms with Crippen molar-refractivity contribution < 1.29 is 89.0 Å². The summed E-state index contributed by atoms with van der Waals surface area (Å²) in [5, 5.41) is 61.7. The number of nitrogens with one attached hydrogen (secondary N) is 2. The van der Waals surface area contributed by atoms with Crippen molar-refractivity contribution in [2.45, 2.75) is 66.5 Å². The van der Waals surface area contributed by atoms with Crippen LogP contribution in [0.1, 0.15) is 49.8 Å². The zero-order valence-electron chi connectivity index (χ0n) is 48.8. The standard InChI is InChI=1S/C52H52ClN13O20S7/c1-27-17-40(62-65-49-28(2)33(26-54)51-57-50-43(66(51)52(49)69)19-32(85-5)20-48(50)93(82,83)84)44(86-11-6-14-89(70,71)72)23-35(27)59-63-41-22-37(56-30(4)68)39(25-46(41)88-13-8-16-91(76,77)78)61-64-42-21-36(55-29(3)67)38(24-45(42)87-12-7-15-90(73,74)75)60-58-31-9-10-47(34(53)18-31)92(79,80)81/h9-10,17-25,69H,6-8,11-16H2,1-5H3,(H,55,67)(H,56,68)(H,70,71,72)(H,73,74,75)(H,76,77,78)(H,79,80,81)(H,82,83,84). The molecule has 2 aromatic heterocycles. The summed E-state index contributed by atoms with van der Waals surface area (Å²) in [7, 11) is -21.7. The summed E-state index contributed by atoms with van der Waals surface area (Å²) in [6, 6.07) is 15.7. The first-order valence-corrected chi connectivity index (χ1v) is 36.4. The van der Waals surface area contributed by atoms with E-state index in [2.05, 4.69) is 56.5 Å². The van der Waals surface area contributed by atoms with Crippen LogP contribution in [0, 0.1) is 25.2 Å². The highest BCUT2D eigenvalue weighted by atomic mass is 35.5. The van der Waals surface area contributed by atoms with Crippen molar-refractivity contribution in [1.82, 2.24) is 9.38 Å². The molecule has 8 N–H and O–H groups in total. The molecule has 0 saturated heterocycles. The summed E-state index contributed by atoms with van der Waals surface area (Å²) in [4.78, 5) is 28.8. The molecule has 494 valence electrons. The molecule has 0 radical (unpaired) electrons. The molecule has 7 aromatic rings. The number of carbonyl (C=O) groups is 2. The molecule has 7 rings (SSSR count). The molecule has 2 heterocycles. The number of hydrogen-bond donors (Lipinski definition) is 8. The fraction of sp³-hybridized carbons (Fsp3) is 0.269. The van der Waals surface area contributed by atoms with E-state index in [0.29, 0.717) is 5.56 Å². The minimum Gasteiger partial charge on any atom is -0.497 e. The van der Waals surface area contributed by atoms with Gasteiger partial charge in [0.2, 0.25) is 17.7 Å². The van der Waals surface area contributed by atoms with Gasteiger partial charge in [-0.15, -0.1) is 54.2 Å². The SMILES string of the molecule is COc1cc(S(=O)(=O)O)c2nc3c(C#N)c(C)c(N=Nc4cc(C)c(N=Nc5cc(NC(C)=O)c(N=Nc6cc(NC(C)=O)c(N=Nc7ccc(S(=O)(=O)O)c(Cl)c7)cc6SCCCS(=O)(=O)O)cc5SCCCS(=O)(=O)O)cc4OCCCS(=O)(=O)O)c(O)n3c2c1. The van der Waals surface area contributed by atoms with E-state index in [1.54, 1.807) is 6.92 Å². The zero-order chi connectivity index (χ0) is 68.5. The number of nitriles is 1. The molecule has 0 saturated carbocycles. The summed E-state index contributed by atoms with van der Waals surface area (Å²) in [6.07, 6.45) is -0.422. The number of nitrogens with zero attached hydrogens (tertiary/aromatic N) is 11. The fourth-order valence-electron chi connectivity index (χ4n) is 8.31. The van der Waals surface area contributed by atoms with Crippen LogP contribution in [0.15, 0.2) is 127 Å². The smallest absolute Gasteiger partial charge is 0.296 e. The van der Waals surface area contributed by atoms with Gasteiger partial charge in [-0.3, -0.25) is 36.8 Å². The number of anilines is 2. The van der Waals surface area contributed by atoms with E-state index in [-0.39, 0.29) is 143 Å². The van der Waals surface area contributed by atoms with Gasteiger partial charge in [0, 0.05) is 47.4 Å². The number of azo groups is 4. The number of aromatic nitrogens is 2. The number of halogens is 1. The second-order valence-corrected chi connectivity index (χ2v) is 29.7. The van der Waals surface area contributed by atoms with Crippen LogP contribution < -0.4 is 20.1 Å². The number of thioether (sulfide) groups is 2. The number of methoxy groups -OCH3 is 1. The van der Waals surface area contributed by atoms with Gasteiger partial charge in [0.1, 0.15) is 66.9 Å². The third-order valence-corrected chi connectivity index (χ3v) is 19.3. The Kier molecular flexibility index (Phi) is 23.2. The van der Waals surface area contributed by atoms with Crippen LogP contribution in [-0.2, 0) is 60.2 Å². The van der Waals surface area contributed by atoms with E-state index in [4.69, 9.17) is 21.1 Å².